The monoisotopic (exact) mass is 463 g/mol. The summed E-state index contributed by atoms with van der Waals surface area (Å²) >= 11 is 1.22. The van der Waals surface area contributed by atoms with Gasteiger partial charge in [0.15, 0.2) is 5.13 Å². The van der Waals surface area contributed by atoms with Gasteiger partial charge in [-0.25, -0.2) is 9.37 Å². The van der Waals surface area contributed by atoms with Gasteiger partial charge in [-0.05, 0) is 49.5 Å². The molecule has 1 unspecified atom stereocenters. The van der Waals surface area contributed by atoms with E-state index in [-0.39, 0.29) is 23.5 Å². The molecule has 1 heterocycles. The number of aromatic nitrogens is 1. The number of halogens is 1. The van der Waals surface area contributed by atoms with Gasteiger partial charge in [0.2, 0.25) is 11.8 Å². The summed E-state index contributed by atoms with van der Waals surface area (Å²) in [6.45, 7) is 4.02. The number of carbonyl (C=O) groups excluding carboxylic acids is 2. The topological polar surface area (TPSA) is 53.5 Å². The third kappa shape index (κ3) is 5.54. The van der Waals surface area contributed by atoms with E-state index in [1.807, 2.05) is 35.2 Å². The van der Waals surface area contributed by atoms with Crippen molar-refractivity contribution in [3.63, 3.8) is 0 Å². The third-order valence-corrected chi connectivity index (χ3v) is 6.62. The summed E-state index contributed by atoms with van der Waals surface area (Å²) in [6, 6.07) is 16.2. The van der Waals surface area contributed by atoms with Crippen molar-refractivity contribution in [2.24, 2.45) is 5.92 Å². The van der Waals surface area contributed by atoms with Gasteiger partial charge in [0.05, 0.1) is 11.4 Å². The van der Waals surface area contributed by atoms with E-state index in [1.54, 1.807) is 23.6 Å². The first-order valence-electron chi connectivity index (χ1n) is 11.0. The Bertz CT molecular complexity index is 1160. The van der Waals surface area contributed by atoms with Crippen LogP contribution in [0.2, 0.25) is 0 Å². The SMILES string of the molecule is CC(=O)N(c1nc(C=CC(=O)N(Cc2ccccc2)C(C)C2CC2)cs1)c1ccccc1F. The average Bonchev–Trinajstić information content (AvgIpc) is 3.56. The highest BCUT2D eigenvalue weighted by molar-refractivity contribution is 7.14. The summed E-state index contributed by atoms with van der Waals surface area (Å²) in [7, 11) is 0. The van der Waals surface area contributed by atoms with Gasteiger partial charge in [0.25, 0.3) is 0 Å². The molecule has 2 aromatic carbocycles. The van der Waals surface area contributed by atoms with Crippen molar-refractivity contribution in [1.29, 1.82) is 0 Å². The lowest BCUT2D eigenvalue weighted by Gasteiger charge is -2.28. The van der Waals surface area contributed by atoms with Crippen molar-refractivity contribution in [2.75, 3.05) is 4.90 Å². The number of nitrogens with zero attached hydrogens (tertiary/aromatic N) is 3. The molecule has 2 amide bonds. The standard InChI is InChI=1S/C26H26FN3O2S/c1-18(21-12-13-21)29(16-20-8-4-3-5-9-20)25(32)15-14-22-17-33-26(28-22)30(19(2)31)24-11-7-6-10-23(24)27/h3-11,14-15,17-18,21H,12-13,16H2,1-2H3. The van der Waals surface area contributed by atoms with Gasteiger partial charge >= 0.3 is 0 Å². The first-order chi connectivity index (χ1) is 15.9. The number of thiazole rings is 1. The van der Waals surface area contributed by atoms with Gasteiger partial charge in [0.1, 0.15) is 5.82 Å². The summed E-state index contributed by atoms with van der Waals surface area (Å²) in [6.07, 6.45) is 5.48. The molecule has 1 aromatic heterocycles. The van der Waals surface area contributed by atoms with Gasteiger partial charge < -0.3 is 4.90 Å². The highest BCUT2D eigenvalue weighted by Gasteiger charge is 2.33. The quantitative estimate of drug-likeness (QED) is 0.396. The van der Waals surface area contributed by atoms with Crippen molar-refractivity contribution in [3.05, 3.63) is 83.1 Å². The lowest BCUT2D eigenvalue weighted by atomic mass is 10.1. The number of hydrogen-bond donors (Lipinski definition) is 0. The van der Waals surface area contributed by atoms with E-state index >= 15 is 0 Å². The largest absolute Gasteiger partial charge is 0.332 e. The minimum absolute atomic E-state index is 0.0784. The Morgan fingerprint density at radius 3 is 2.52 bits per heavy atom. The predicted molar refractivity (Wildman–Crippen MR) is 130 cm³/mol. The maximum atomic E-state index is 14.3. The Balaban J connectivity index is 1.52. The highest BCUT2D eigenvalue weighted by Crippen LogP contribution is 2.36. The third-order valence-electron chi connectivity index (χ3n) is 5.78. The van der Waals surface area contributed by atoms with Crippen LogP contribution in [0.25, 0.3) is 6.08 Å². The van der Waals surface area contributed by atoms with Crippen LogP contribution in [0.15, 0.2) is 66.1 Å². The fraction of sp³-hybridized carbons (Fsp3) is 0.269. The molecular weight excluding hydrogens is 437 g/mol. The second kappa shape index (κ2) is 10.1. The molecule has 0 bridgehead atoms. The lowest BCUT2D eigenvalue weighted by Crippen LogP contribution is -2.38. The summed E-state index contributed by atoms with van der Waals surface area (Å²) in [5, 5.41) is 2.11. The van der Waals surface area contributed by atoms with Crippen LogP contribution in [0.3, 0.4) is 0 Å². The van der Waals surface area contributed by atoms with E-state index in [9.17, 15) is 14.0 Å². The van der Waals surface area contributed by atoms with E-state index in [0.29, 0.717) is 23.3 Å². The van der Waals surface area contributed by atoms with E-state index in [1.165, 1.54) is 41.4 Å². The van der Waals surface area contributed by atoms with Crippen LogP contribution in [0.4, 0.5) is 15.2 Å². The van der Waals surface area contributed by atoms with Crippen LogP contribution >= 0.6 is 11.3 Å². The van der Waals surface area contributed by atoms with Crippen LogP contribution in [0.5, 0.6) is 0 Å². The zero-order valence-electron chi connectivity index (χ0n) is 18.6. The molecule has 4 rings (SSSR count). The fourth-order valence-electron chi connectivity index (χ4n) is 3.78. The lowest BCUT2D eigenvalue weighted by molar-refractivity contribution is -0.129. The van der Waals surface area contributed by atoms with E-state index in [2.05, 4.69) is 11.9 Å². The zero-order valence-corrected chi connectivity index (χ0v) is 19.5. The number of carbonyl (C=O) groups is 2. The number of hydrogen-bond acceptors (Lipinski definition) is 4. The molecule has 0 saturated heterocycles. The summed E-state index contributed by atoms with van der Waals surface area (Å²) in [4.78, 5) is 32.9. The average molecular weight is 464 g/mol. The van der Waals surface area contributed by atoms with E-state index in [0.717, 1.165) is 18.4 Å². The second-order valence-corrected chi connectivity index (χ2v) is 9.06. The number of para-hydroxylation sites is 1. The van der Waals surface area contributed by atoms with Crippen LogP contribution in [-0.2, 0) is 16.1 Å². The Labute approximate surface area is 197 Å². The minimum Gasteiger partial charge on any atom is -0.332 e. The molecule has 5 nitrogen and oxygen atoms in total. The van der Waals surface area contributed by atoms with Crippen LogP contribution in [-0.4, -0.2) is 27.7 Å². The smallest absolute Gasteiger partial charge is 0.247 e. The van der Waals surface area contributed by atoms with Crippen molar-refractivity contribution in [3.8, 4) is 0 Å². The summed E-state index contributed by atoms with van der Waals surface area (Å²) in [5.74, 6) is -0.374. The van der Waals surface area contributed by atoms with Gasteiger partial charge in [-0.2, -0.15) is 0 Å². The summed E-state index contributed by atoms with van der Waals surface area (Å²) in [5.41, 5.74) is 1.78. The van der Waals surface area contributed by atoms with Gasteiger partial charge in [-0.1, -0.05) is 42.5 Å². The first-order valence-corrected chi connectivity index (χ1v) is 11.9. The van der Waals surface area contributed by atoms with Gasteiger partial charge in [-0.15, -0.1) is 11.3 Å². The van der Waals surface area contributed by atoms with Crippen LogP contribution < -0.4 is 4.90 Å². The van der Waals surface area contributed by atoms with Gasteiger partial charge in [0, 0.05) is 31.0 Å². The Kier molecular flexibility index (Phi) is 6.99. The molecule has 0 spiro atoms. The van der Waals surface area contributed by atoms with Crippen molar-refractivity contribution in [2.45, 2.75) is 39.3 Å². The van der Waals surface area contributed by atoms with Crippen molar-refractivity contribution in [1.82, 2.24) is 9.88 Å². The number of amides is 2. The second-order valence-electron chi connectivity index (χ2n) is 8.22. The molecule has 33 heavy (non-hydrogen) atoms. The normalized spacial score (nSPS) is 14.3. The van der Waals surface area contributed by atoms with Crippen LogP contribution in [0.1, 0.15) is 37.9 Å². The van der Waals surface area contributed by atoms with E-state index < -0.39 is 5.82 Å². The van der Waals surface area contributed by atoms with E-state index in [4.69, 9.17) is 0 Å². The number of rotatable bonds is 8. The molecule has 3 aromatic rings. The van der Waals surface area contributed by atoms with Crippen molar-refractivity contribution < 1.29 is 14.0 Å². The molecule has 1 aliphatic rings. The maximum absolute atomic E-state index is 14.3. The molecule has 7 heteroatoms. The molecule has 0 radical (unpaired) electrons. The molecule has 1 atom stereocenters. The highest BCUT2D eigenvalue weighted by atomic mass is 32.1. The molecule has 0 aliphatic heterocycles. The van der Waals surface area contributed by atoms with Crippen LogP contribution in [0, 0.1) is 11.7 Å². The predicted octanol–water partition coefficient (Wildman–Crippen LogP) is 5.81. The van der Waals surface area contributed by atoms with Gasteiger partial charge in [-0.3, -0.25) is 14.5 Å². The van der Waals surface area contributed by atoms with Crippen molar-refractivity contribution >= 4 is 40.0 Å². The molecular formula is C26H26FN3O2S. The molecule has 0 N–H and O–H groups in total. The molecule has 170 valence electrons. The molecule has 1 fully saturated rings. The number of anilines is 2. The number of benzene rings is 2. The summed E-state index contributed by atoms with van der Waals surface area (Å²) < 4.78 is 14.3. The Morgan fingerprint density at radius 2 is 1.85 bits per heavy atom. The Morgan fingerprint density at radius 1 is 1.15 bits per heavy atom. The first kappa shape index (κ1) is 22.9. The minimum atomic E-state index is -0.499. The fourth-order valence-corrected chi connectivity index (χ4v) is 4.63. The molecule has 1 aliphatic carbocycles. The zero-order chi connectivity index (χ0) is 23.4. The maximum Gasteiger partial charge on any atom is 0.247 e. The molecule has 1 saturated carbocycles. The Hall–Kier alpha value is -3.32.